The summed E-state index contributed by atoms with van der Waals surface area (Å²) in [5.74, 6) is -0.185. The summed E-state index contributed by atoms with van der Waals surface area (Å²) in [6.45, 7) is 2.28. The number of nitrogens with one attached hydrogen (secondary N) is 1. The Bertz CT molecular complexity index is 386. The third-order valence-corrected chi connectivity index (χ3v) is 2.94. The van der Waals surface area contributed by atoms with Crippen molar-refractivity contribution >= 4 is 0 Å². The minimum atomic E-state index is -4.63. The van der Waals surface area contributed by atoms with Crippen LogP contribution in [0.25, 0.3) is 0 Å². The fourth-order valence-electron chi connectivity index (χ4n) is 2.00. The zero-order valence-electron chi connectivity index (χ0n) is 10.4. The van der Waals surface area contributed by atoms with Crippen LogP contribution < -0.4 is 10.1 Å². The topological polar surface area (TPSA) is 30.5 Å². The molecule has 0 bridgehead atoms. The maximum absolute atomic E-state index is 12.0. The van der Waals surface area contributed by atoms with Gasteiger partial charge in [0.1, 0.15) is 5.75 Å². The number of rotatable bonds is 4. The van der Waals surface area contributed by atoms with E-state index in [0.29, 0.717) is 12.6 Å². The second-order valence-electron chi connectivity index (χ2n) is 4.46. The minimum Gasteiger partial charge on any atom is -0.406 e. The van der Waals surface area contributed by atoms with Gasteiger partial charge in [0, 0.05) is 12.6 Å². The summed E-state index contributed by atoms with van der Waals surface area (Å²) in [6.07, 6.45) is -2.93. The zero-order chi connectivity index (χ0) is 13.7. The Labute approximate surface area is 109 Å². The van der Waals surface area contributed by atoms with Crippen molar-refractivity contribution in [2.24, 2.45) is 0 Å². The largest absolute Gasteiger partial charge is 0.573 e. The van der Waals surface area contributed by atoms with Crippen LogP contribution in [0, 0.1) is 0 Å². The summed E-state index contributed by atoms with van der Waals surface area (Å²) in [5.41, 5.74) is 0.988. The second kappa shape index (κ2) is 6.25. The van der Waals surface area contributed by atoms with Crippen LogP contribution in [0.3, 0.4) is 0 Å². The lowest BCUT2D eigenvalue weighted by Crippen LogP contribution is -2.41. The van der Waals surface area contributed by atoms with E-state index in [1.807, 2.05) is 0 Å². The molecular weight excluding hydrogens is 259 g/mol. The van der Waals surface area contributed by atoms with E-state index in [4.69, 9.17) is 4.74 Å². The molecule has 1 fully saturated rings. The van der Waals surface area contributed by atoms with Gasteiger partial charge < -0.3 is 14.8 Å². The van der Waals surface area contributed by atoms with Gasteiger partial charge in [-0.25, -0.2) is 0 Å². The molecule has 6 heteroatoms. The van der Waals surface area contributed by atoms with Gasteiger partial charge in [0.2, 0.25) is 0 Å². The van der Waals surface area contributed by atoms with E-state index in [-0.39, 0.29) is 5.75 Å². The average molecular weight is 275 g/mol. The molecule has 0 aromatic heterocycles. The van der Waals surface area contributed by atoms with E-state index in [0.717, 1.165) is 31.6 Å². The maximum atomic E-state index is 12.0. The van der Waals surface area contributed by atoms with Gasteiger partial charge in [-0.3, -0.25) is 0 Å². The highest BCUT2D eigenvalue weighted by Crippen LogP contribution is 2.23. The standard InChI is InChI=1S/C13H16F3NO2/c14-13(15,16)19-12-5-2-10(3-6-12)1-4-11-9-18-8-7-17-11/h2-3,5-6,11,17H,1,4,7-9H2. The Morgan fingerprint density at radius 3 is 2.58 bits per heavy atom. The smallest absolute Gasteiger partial charge is 0.406 e. The lowest BCUT2D eigenvalue weighted by Gasteiger charge is -2.23. The Hall–Kier alpha value is -1.27. The van der Waals surface area contributed by atoms with Crippen molar-refractivity contribution in [2.75, 3.05) is 19.8 Å². The van der Waals surface area contributed by atoms with Crippen molar-refractivity contribution in [1.29, 1.82) is 0 Å². The molecule has 1 unspecified atom stereocenters. The molecular formula is C13H16F3NO2. The summed E-state index contributed by atoms with van der Waals surface area (Å²) in [7, 11) is 0. The molecule has 1 heterocycles. The van der Waals surface area contributed by atoms with E-state index < -0.39 is 6.36 Å². The molecule has 1 aliphatic heterocycles. The molecule has 1 atom stereocenters. The van der Waals surface area contributed by atoms with Crippen molar-refractivity contribution in [1.82, 2.24) is 5.32 Å². The van der Waals surface area contributed by atoms with Gasteiger partial charge in [-0.15, -0.1) is 13.2 Å². The SMILES string of the molecule is FC(F)(F)Oc1ccc(CCC2COCCN2)cc1. The normalized spacial score (nSPS) is 20.3. The van der Waals surface area contributed by atoms with Gasteiger partial charge in [0.15, 0.2) is 0 Å². The molecule has 106 valence electrons. The number of benzene rings is 1. The summed E-state index contributed by atoms with van der Waals surface area (Å²) >= 11 is 0. The molecule has 0 amide bonds. The van der Waals surface area contributed by atoms with Crippen molar-refractivity contribution in [3.05, 3.63) is 29.8 Å². The number of hydrogen-bond acceptors (Lipinski definition) is 3. The van der Waals surface area contributed by atoms with Gasteiger partial charge in [-0.05, 0) is 30.5 Å². The van der Waals surface area contributed by atoms with Crippen LogP contribution in [0.4, 0.5) is 13.2 Å². The Balaban J connectivity index is 1.81. The summed E-state index contributed by atoms with van der Waals surface area (Å²) < 4.78 is 45.1. The molecule has 1 N–H and O–H groups in total. The summed E-state index contributed by atoms with van der Waals surface area (Å²) in [6, 6.07) is 6.32. The molecule has 1 aromatic carbocycles. The molecule has 3 nitrogen and oxygen atoms in total. The first kappa shape index (κ1) is 14.1. The monoisotopic (exact) mass is 275 g/mol. The highest BCUT2D eigenvalue weighted by molar-refractivity contribution is 5.27. The van der Waals surface area contributed by atoms with Crippen LogP contribution in [0.1, 0.15) is 12.0 Å². The third kappa shape index (κ3) is 5.08. The quantitative estimate of drug-likeness (QED) is 0.916. The summed E-state index contributed by atoms with van der Waals surface area (Å²) in [4.78, 5) is 0. The number of hydrogen-bond donors (Lipinski definition) is 1. The molecule has 0 radical (unpaired) electrons. The van der Waals surface area contributed by atoms with Gasteiger partial charge in [0.25, 0.3) is 0 Å². The maximum Gasteiger partial charge on any atom is 0.573 e. The molecule has 0 spiro atoms. The number of ether oxygens (including phenoxy) is 2. The van der Waals surface area contributed by atoms with Crippen molar-refractivity contribution in [3.63, 3.8) is 0 Å². The first-order chi connectivity index (χ1) is 9.03. The molecule has 1 aliphatic rings. The number of morpholine rings is 1. The van der Waals surface area contributed by atoms with Crippen molar-refractivity contribution < 1.29 is 22.6 Å². The predicted molar refractivity (Wildman–Crippen MR) is 64.1 cm³/mol. The Morgan fingerprint density at radius 1 is 1.26 bits per heavy atom. The number of aryl methyl sites for hydroxylation is 1. The van der Waals surface area contributed by atoms with Gasteiger partial charge >= 0.3 is 6.36 Å². The van der Waals surface area contributed by atoms with Crippen LogP contribution in [0.5, 0.6) is 5.75 Å². The Morgan fingerprint density at radius 2 is 2.00 bits per heavy atom. The molecule has 0 aliphatic carbocycles. The van der Waals surface area contributed by atoms with Gasteiger partial charge in [-0.1, -0.05) is 12.1 Å². The second-order valence-corrected chi connectivity index (χ2v) is 4.46. The summed E-state index contributed by atoms with van der Waals surface area (Å²) in [5, 5.41) is 3.33. The highest BCUT2D eigenvalue weighted by atomic mass is 19.4. The fraction of sp³-hybridized carbons (Fsp3) is 0.538. The van der Waals surface area contributed by atoms with Gasteiger partial charge in [0.05, 0.1) is 13.2 Å². The lowest BCUT2D eigenvalue weighted by atomic mass is 10.1. The molecule has 19 heavy (non-hydrogen) atoms. The zero-order valence-corrected chi connectivity index (χ0v) is 10.4. The average Bonchev–Trinajstić information content (AvgIpc) is 2.37. The minimum absolute atomic E-state index is 0.185. The number of alkyl halides is 3. The van der Waals surface area contributed by atoms with Crippen LogP contribution >= 0.6 is 0 Å². The highest BCUT2D eigenvalue weighted by Gasteiger charge is 2.30. The van der Waals surface area contributed by atoms with E-state index >= 15 is 0 Å². The van der Waals surface area contributed by atoms with E-state index in [2.05, 4.69) is 10.1 Å². The van der Waals surface area contributed by atoms with Crippen molar-refractivity contribution in [2.45, 2.75) is 25.2 Å². The Kier molecular flexibility index (Phi) is 4.66. The molecule has 0 saturated carbocycles. The van der Waals surface area contributed by atoms with Crippen LogP contribution in [-0.2, 0) is 11.2 Å². The third-order valence-electron chi connectivity index (χ3n) is 2.94. The van der Waals surface area contributed by atoms with Crippen LogP contribution in [0.2, 0.25) is 0 Å². The van der Waals surface area contributed by atoms with Crippen LogP contribution in [-0.4, -0.2) is 32.2 Å². The van der Waals surface area contributed by atoms with Gasteiger partial charge in [-0.2, -0.15) is 0 Å². The van der Waals surface area contributed by atoms with E-state index in [1.165, 1.54) is 12.1 Å². The van der Waals surface area contributed by atoms with E-state index in [1.54, 1.807) is 12.1 Å². The van der Waals surface area contributed by atoms with E-state index in [9.17, 15) is 13.2 Å². The molecule has 1 saturated heterocycles. The molecule has 1 aromatic rings. The molecule has 2 rings (SSSR count). The predicted octanol–water partition coefficient (Wildman–Crippen LogP) is 2.51. The lowest BCUT2D eigenvalue weighted by molar-refractivity contribution is -0.274. The number of halogens is 3. The first-order valence-corrected chi connectivity index (χ1v) is 6.19. The van der Waals surface area contributed by atoms with Crippen LogP contribution in [0.15, 0.2) is 24.3 Å². The fourth-order valence-corrected chi connectivity index (χ4v) is 2.00. The van der Waals surface area contributed by atoms with Crippen molar-refractivity contribution in [3.8, 4) is 5.75 Å². The first-order valence-electron chi connectivity index (χ1n) is 6.19.